The first-order valence-electron chi connectivity index (χ1n) is 4.34. The third-order valence-electron chi connectivity index (χ3n) is 2.06. The number of phenols is 1. The van der Waals surface area contributed by atoms with Gasteiger partial charge in [0, 0.05) is 10.0 Å². The zero-order valence-corrected chi connectivity index (χ0v) is 9.26. The first-order chi connectivity index (χ1) is 6.16. The Balaban J connectivity index is 2.96. The summed E-state index contributed by atoms with van der Waals surface area (Å²) in [6.45, 7) is 2.55. The molecule has 0 aliphatic rings. The number of rotatable bonds is 3. The lowest BCUT2D eigenvalue weighted by Crippen LogP contribution is -2.01. The Kier molecular flexibility index (Phi) is 3.75. The lowest BCUT2D eigenvalue weighted by Gasteiger charge is -2.08. The SMILES string of the molecule is Cc1ccc(Br)c(CCCN)c1O. The van der Waals surface area contributed by atoms with E-state index in [9.17, 15) is 5.11 Å². The van der Waals surface area contributed by atoms with Gasteiger partial charge in [0.05, 0.1) is 0 Å². The molecular formula is C10H14BrNO. The summed E-state index contributed by atoms with van der Waals surface area (Å²) in [4.78, 5) is 0. The van der Waals surface area contributed by atoms with Crippen LogP contribution in [0.3, 0.4) is 0 Å². The average molecular weight is 244 g/mol. The second-order valence-electron chi connectivity index (χ2n) is 3.08. The highest BCUT2D eigenvalue weighted by atomic mass is 79.9. The van der Waals surface area contributed by atoms with E-state index in [1.807, 2.05) is 19.1 Å². The summed E-state index contributed by atoms with van der Waals surface area (Å²) in [7, 11) is 0. The van der Waals surface area contributed by atoms with Crippen LogP contribution in [0.2, 0.25) is 0 Å². The number of hydrogen-bond donors (Lipinski definition) is 2. The molecule has 0 amide bonds. The smallest absolute Gasteiger partial charge is 0.122 e. The summed E-state index contributed by atoms with van der Waals surface area (Å²) in [5.74, 6) is 0.392. The Labute approximate surface area is 86.9 Å². The van der Waals surface area contributed by atoms with Gasteiger partial charge in [0.1, 0.15) is 5.75 Å². The molecule has 0 aliphatic carbocycles. The number of hydrogen-bond acceptors (Lipinski definition) is 2. The minimum absolute atomic E-state index is 0.392. The van der Waals surface area contributed by atoms with E-state index in [4.69, 9.17) is 5.73 Å². The van der Waals surface area contributed by atoms with E-state index in [2.05, 4.69) is 15.9 Å². The van der Waals surface area contributed by atoms with Crippen LogP contribution in [0.25, 0.3) is 0 Å². The molecule has 3 N–H and O–H groups in total. The summed E-state index contributed by atoms with van der Waals surface area (Å²) in [5, 5.41) is 9.73. The molecule has 0 saturated heterocycles. The maximum absolute atomic E-state index is 9.73. The van der Waals surface area contributed by atoms with Crippen molar-refractivity contribution < 1.29 is 5.11 Å². The van der Waals surface area contributed by atoms with Gasteiger partial charge < -0.3 is 10.8 Å². The molecule has 0 bridgehead atoms. The van der Waals surface area contributed by atoms with Gasteiger partial charge in [-0.3, -0.25) is 0 Å². The van der Waals surface area contributed by atoms with Crippen LogP contribution in [-0.4, -0.2) is 11.7 Å². The predicted molar refractivity (Wildman–Crippen MR) is 57.9 cm³/mol. The van der Waals surface area contributed by atoms with Crippen molar-refractivity contribution in [1.82, 2.24) is 0 Å². The van der Waals surface area contributed by atoms with E-state index < -0.39 is 0 Å². The minimum atomic E-state index is 0.392. The molecule has 72 valence electrons. The van der Waals surface area contributed by atoms with Gasteiger partial charge in [0.15, 0.2) is 0 Å². The highest BCUT2D eigenvalue weighted by Crippen LogP contribution is 2.30. The van der Waals surface area contributed by atoms with Crippen LogP contribution in [0.4, 0.5) is 0 Å². The van der Waals surface area contributed by atoms with Crippen LogP contribution in [0.5, 0.6) is 5.75 Å². The van der Waals surface area contributed by atoms with Crippen molar-refractivity contribution in [3.63, 3.8) is 0 Å². The van der Waals surface area contributed by atoms with Crippen LogP contribution >= 0.6 is 15.9 Å². The summed E-state index contributed by atoms with van der Waals surface area (Å²) in [6, 6.07) is 3.85. The number of halogens is 1. The highest BCUT2D eigenvalue weighted by molar-refractivity contribution is 9.10. The normalized spacial score (nSPS) is 10.4. The molecule has 13 heavy (non-hydrogen) atoms. The lowest BCUT2D eigenvalue weighted by molar-refractivity contribution is 0.462. The molecule has 0 aliphatic heterocycles. The molecule has 1 rings (SSSR count). The molecule has 0 spiro atoms. The standard InChI is InChI=1S/C10H14BrNO/c1-7-4-5-9(11)8(10(7)13)3-2-6-12/h4-5,13H,2-3,6,12H2,1H3. The zero-order chi connectivity index (χ0) is 9.84. The second-order valence-corrected chi connectivity index (χ2v) is 3.94. The Bertz CT molecular complexity index is 299. The number of phenolic OH excluding ortho intramolecular Hbond substituents is 1. The molecule has 0 heterocycles. The van der Waals surface area contributed by atoms with Crippen LogP contribution < -0.4 is 5.73 Å². The molecule has 3 heteroatoms. The summed E-state index contributed by atoms with van der Waals surface area (Å²) >= 11 is 3.41. The van der Waals surface area contributed by atoms with Gasteiger partial charge in [0.2, 0.25) is 0 Å². The minimum Gasteiger partial charge on any atom is -0.507 e. The first kappa shape index (κ1) is 10.5. The van der Waals surface area contributed by atoms with Gasteiger partial charge in [-0.1, -0.05) is 22.0 Å². The van der Waals surface area contributed by atoms with E-state index in [0.717, 1.165) is 28.4 Å². The topological polar surface area (TPSA) is 46.2 Å². The quantitative estimate of drug-likeness (QED) is 0.857. The van der Waals surface area contributed by atoms with Crippen molar-refractivity contribution in [3.8, 4) is 5.75 Å². The van der Waals surface area contributed by atoms with Crippen LogP contribution in [0, 0.1) is 6.92 Å². The van der Waals surface area contributed by atoms with Crippen molar-refractivity contribution in [1.29, 1.82) is 0 Å². The van der Waals surface area contributed by atoms with Crippen molar-refractivity contribution in [2.75, 3.05) is 6.54 Å². The van der Waals surface area contributed by atoms with E-state index in [1.165, 1.54) is 0 Å². The van der Waals surface area contributed by atoms with E-state index in [1.54, 1.807) is 0 Å². The molecule has 0 radical (unpaired) electrons. The first-order valence-corrected chi connectivity index (χ1v) is 5.13. The van der Waals surface area contributed by atoms with Gasteiger partial charge in [-0.15, -0.1) is 0 Å². The van der Waals surface area contributed by atoms with Crippen molar-refractivity contribution in [2.45, 2.75) is 19.8 Å². The van der Waals surface area contributed by atoms with Gasteiger partial charge in [-0.25, -0.2) is 0 Å². The lowest BCUT2D eigenvalue weighted by atomic mass is 10.1. The number of benzene rings is 1. The van der Waals surface area contributed by atoms with Crippen LogP contribution in [0.1, 0.15) is 17.5 Å². The molecule has 1 aromatic rings. The molecule has 2 nitrogen and oxygen atoms in total. The molecule has 0 aromatic heterocycles. The van der Waals surface area contributed by atoms with E-state index in [-0.39, 0.29) is 0 Å². The third-order valence-corrected chi connectivity index (χ3v) is 2.80. The second kappa shape index (κ2) is 4.63. The van der Waals surface area contributed by atoms with Crippen molar-refractivity contribution in [2.24, 2.45) is 5.73 Å². The summed E-state index contributed by atoms with van der Waals surface area (Å²) in [6.07, 6.45) is 1.72. The zero-order valence-electron chi connectivity index (χ0n) is 7.68. The fourth-order valence-electron chi connectivity index (χ4n) is 1.25. The van der Waals surface area contributed by atoms with Gasteiger partial charge >= 0.3 is 0 Å². The maximum Gasteiger partial charge on any atom is 0.122 e. The fraction of sp³-hybridized carbons (Fsp3) is 0.400. The Hall–Kier alpha value is -0.540. The Morgan fingerprint density at radius 3 is 2.77 bits per heavy atom. The van der Waals surface area contributed by atoms with Crippen LogP contribution in [-0.2, 0) is 6.42 Å². The summed E-state index contributed by atoms with van der Waals surface area (Å²) in [5.41, 5.74) is 7.29. The fourth-order valence-corrected chi connectivity index (χ4v) is 1.76. The maximum atomic E-state index is 9.73. The molecular weight excluding hydrogens is 230 g/mol. The molecule has 0 saturated carbocycles. The van der Waals surface area contributed by atoms with Gasteiger partial charge in [0.25, 0.3) is 0 Å². The van der Waals surface area contributed by atoms with Crippen molar-refractivity contribution >= 4 is 15.9 Å². The van der Waals surface area contributed by atoms with E-state index >= 15 is 0 Å². The molecule has 0 atom stereocenters. The molecule has 0 fully saturated rings. The molecule has 1 aromatic carbocycles. The highest BCUT2D eigenvalue weighted by Gasteiger charge is 2.07. The van der Waals surface area contributed by atoms with Gasteiger partial charge in [-0.2, -0.15) is 0 Å². The average Bonchev–Trinajstić information content (AvgIpc) is 2.12. The Morgan fingerprint density at radius 1 is 1.46 bits per heavy atom. The van der Waals surface area contributed by atoms with Gasteiger partial charge in [-0.05, 0) is 37.9 Å². The summed E-state index contributed by atoms with van der Waals surface area (Å²) < 4.78 is 0.962. The number of aryl methyl sites for hydroxylation is 1. The molecule has 0 unspecified atom stereocenters. The predicted octanol–water partition coefficient (Wildman–Crippen LogP) is 2.35. The van der Waals surface area contributed by atoms with Crippen LogP contribution in [0.15, 0.2) is 16.6 Å². The number of aromatic hydroxyl groups is 1. The monoisotopic (exact) mass is 243 g/mol. The third kappa shape index (κ3) is 2.45. The Morgan fingerprint density at radius 2 is 2.15 bits per heavy atom. The van der Waals surface area contributed by atoms with Crippen molar-refractivity contribution in [3.05, 3.63) is 27.7 Å². The number of nitrogens with two attached hydrogens (primary N) is 1. The largest absolute Gasteiger partial charge is 0.507 e. The van der Waals surface area contributed by atoms with E-state index in [0.29, 0.717) is 12.3 Å².